The van der Waals surface area contributed by atoms with Crippen LogP contribution in [-0.2, 0) is 0 Å². The maximum Gasteiger partial charge on any atom is 0.186 e. The molecular weight excluding hydrogens is 326 g/mol. The molecule has 0 aliphatic carbocycles. The number of fused-ring (bicyclic) bond motifs is 1. The smallest absolute Gasteiger partial charge is 0.186 e. The van der Waals surface area contributed by atoms with Gasteiger partial charge in [-0.1, -0.05) is 19.9 Å². The van der Waals surface area contributed by atoms with Crippen LogP contribution in [0.1, 0.15) is 67.3 Å². The fourth-order valence-electron chi connectivity index (χ4n) is 2.88. The van der Waals surface area contributed by atoms with Crippen molar-refractivity contribution in [2.75, 3.05) is 0 Å². The van der Waals surface area contributed by atoms with Gasteiger partial charge in [0, 0.05) is 28.9 Å². The van der Waals surface area contributed by atoms with Gasteiger partial charge in [0.15, 0.2) is 17.3 Å². The third-order valence-corrected chi connectivity index (χ3v) is 4.31. The highest BCUT2D eigenvalue weighted by Gasteiger charge is 2.27. The molecule has 0 aliphatic rings. The lowest BCUT2D eigenvalue weighted by Crippen LogP contribution is -2.14. The molecule has 0 spiro atoms. The van der Waals surface area contributed by atoms with Crippen LogP contribution in [0.2, 0.25) is 0 Å². The quantitative estimate of drug-likeness (QED) is 0.651. The van der Waals surface area contributed by atoms with E-state index in [0.29, 0.717) is 22.3 Å². The number of nitrogens with zero attached hydrogens (tertiary/aromatic N) is 5. The number of hydrogen-bond donors (Lipinski definition) is 0. The normalized spacial score (nSPS) is 12.5. The lowest BCUT2D eigenvalue weighted by Gasteiger charge is -2.13. The fourth-order valence-corrected chi connectivity index (χ4v) is 2.88. The van der Waals surface area contributed by atoms with Crippen molar-refractivity contribution >= 4 is 16.8 Å². The predicted molar refractivity (Wildman–Crippen MR) is 98.9 cm³/mol. The monoisotopic (exact) mass is 347 g/mol. The summed E-state index contributed by atoms with van der Waals surface area (Å²) in [5.41, 5.74) is 2.41. The highest BCUT2D eigenvalue weighted by atomic mass is 16.1. The highest BCUT2D eigenvalue weighted by molar-refractivity contribution is 6.10. The highest BCUT2D eigenvalue weighted by Crippen LogP contribution is 2.28. The number of nitriles is 1. The Morgan fingerprint density at radius 1 is 1.19 bits per heavy atom. The van der Waals surface area contributed by atoms with Crippen LogP contribution in [0, 0.1) is 11.3 Å². The van der Waals surface area contributed by atoms with Crippen LogP contribution in [0.3, 0.4) is 0 Å². The van der Waals surface area contributed by atoms with E-state index in [1.807, 2.05) is 27.7 Å². The molecule has 3 heterocycles. The molecule has 3 aromatic heterocycles. The van der Waals surface area contributed by atoms with E-state index in [0.717, 1.165) is 5.69 Å². The Morgan fingerprint density at radius 3 is 2.54 bits per heavy atom. The summed E-state index contributed by atoms with van der Waals surface area (Å²) in [7, 11) is 0. The van der Waals surface area contributed by atoms with Gasteiger partial charge in [-0.15, -0.1) is 0 Å². The number of Topliss-reactive ketones (excluding diaryl/α,β-unsaturated/α-hetero) is 1. The third-order valence-electron chi connectivity index (χ3n) is 4.31. The summed E-state index contributed by atoms with van der Waals surface area (Å²) in [6.45, 7) is 8.09. The zero-order valence-electron chi connectivity index (χ0n) is 15.3. The van der Waals surface area contributed by atoms with Gasteiger partial charge >= 0.3 is 0 Å². The summed E-state index contributed by atoms with van der Waals surface area (Å²) in [5.74, 6) is -1.08. The maximum atomic E-state index is 13.2. The van der Waals surface area contributed by atoms with Gasteiger partial charge in [0.25, 0.3) is 0 Å². The second-order valence-corrected chi connectivity index (χ2v) is 6.85. The van der Waals surface area contributed by atoms with E-state index in [1.165, 1.54) is 0 Å². The summed E-state index contributed by atoms with van der Waals surface area (Å²) in [5, 5.41) is 14.7. The average Bonchev–Trinajstić information content (AvgIpc) is 3.06. The second-order valence-electron chi connectivity index (χ2n) is 6.85. The molecule has 3 aromatic rings. The number of aromatic nitrogens is 4. The first-order valence-electron chi connectivity index (χ1n) is 8.67. The second kappa shape index (κ2) is 7.04. The Balaban J connectivity index is 2.20. The van der Waals surface area contributed by atoms with E-state index in [4.69, 9.17) is 4.98 Å². The molecule has 0 aliphatic heterocycles. The van der Waals surface area contributed by atoms with Crippen molar-refractivity contribution in [2.45, 2.75) is 45.6 Å². The van der Waals surface area contributed by atoms with Crippen molar-refractivity contribution in [1.82, 2.24) is 19.7 Å². The topological polar surface area (TPSA) is 84.5 Å². The zero-order valence-corrected chi connectivity index (χ0v) is 15.3. The van der Waals surface area contributed by atoms with E-state index in [2.05, 4.69) is 16.2 Å². The van der Waals surface area contributed by atoms with Crippen molar-refractivity contribution in [3.63, 3.8) is 0 Å². The number of ketones is 1. The van der Waals surface area contributed by atoms with Gasteiger partial charge in [0.2, 0.25) is 0 Å². The van der Waals surface area contributed by atoms with Crippen LogP contribution in [0.15, 0.2) is 36.7 Å². The van der Waals surface area contributed by atoms with Crippen molar-refractivity contribution in [3.05, 3.63) is 53.6 Å². The number of pyridine rings is 2. The number of carbonyl (C=O) groups is 1. The van der Waals surface area contributed by atoms with Crippen molar-refractivity contribution < 1.29 is 4.79 Å². The van der Waals surface area contributed by atoms with Crippen LogP contribution in [0.4, 0.5) is 0 Å². The maximum absolute atomic E-state index is 13.2. The van der Waals surface area contributed by atoms with Crippen LogP contribution < -0.4 is 0 Å². The van der Waals surface area contributed by atoms with Crippen LogP contribution >= 0.6 is 0 Å². The van der Waals surface area contributed by atoms with E-state index < -0.39 is 5.92 Å². The summed E-state index contributed by atoms with van der Waals surface area (Å²) in [4.78, 5) is 22.1. The number of carbonyl (C=O) groups excluding carboxylic acids is 1. The Kier molecular flexibility index (Phi) is 4.81. The molecule has 0 saturated carbocycles. The van der Waals surface area contributed by atoms with Gasteiger partial charge in [0.05, 0.1) is 18.0 Å². The molecule has 0 fully saturated rings. The van der Waals surface area contributed by atoms with E-state index in [9.17, 15) is 10.1 Å². The van der Waals surface area contributed by atoms with Gasteiger partial charge < -0.3 is 0 Å². The molecule has 0 bridgehead atoms. The average molecular weight is 347 g/mol. The third kappa shape index (κ3) is 3.08. The van der Waals surface area contributed by atoms with Crippen LogP contribution in [0.25, 0.3) is 11.0 Å². The van der Waals surface area contributed by atoms with E-state index in [-0.39, 0.29) is 17.7 Å². The molecule has 1 atom stereocenters. The molecular formula is C20H21N5O. The first kappa shape index (κ1) is 17.7. The minimum absolute atomic E-state index is 0.118. The molecule has 0 radical (unpaired) electrons. The predicted octanol–water partition coefficient (Wildman–Crippen LogP) is 4.02. The van der Waals surface area contributed by atoms with Gasteiger partial charge in [0.1, 0.15) is 0 Å². The Bertz CT molecular complexity index is 983. The molecule has 1 unspecified atom stereocenters. The number of rotatable bonds is 5. The summed E-state index contributed by atoms with van der Waals surface area (Å²) in [6.07, 6.45) is 3.25. The van der Waals surface area contributed by atoms with Gasteiger partial charge in [-0.2, -0.15) is 10.4 Å². The molecule has 6 nitrogen and oxygen atoms in total. The van der Waals surface area contributed by atoms with Crippen LogP contribution in [-0.4, -0.2) is 25.5 Å². The lowest BCUT2D eigenvalue weighted by atomic mass is 9.93. The fraction of sp³-hybridized carbons (Fsp3) is 0.350. The largest absolute Gasteiger partial charge is 0.292 e. The van der Waals surface area contributed by atoms with Crippen LogP contribution in [0.5, 0.6) is 0 Å². The molecule has 132 valence electrons. The first-order chi connectivity index (χ1) is 12.4. The molecule has 0 amide bonds. The van der Waals surface area contributed by atoms with Gasteiger partial charge in [-0.05, 0) is 38.0 Å². The summed E-state index contributed by atoms with van der Waals surface area (Å²) >= 11 is 0. The summed E-state index contributed by atoms with van der Waals surface area (Å²) < 4.78 is 1.81. The van der Waals surface area contributed by atoms with Gasteiger partial charge in [-0.25, -0.2) is 9.67 Å². The van der Waals surface area contributed by atoms with Crippen molar-refractivity contribution in [3.8, 4) is 6.07 Å². The molecule has 3 rings (SSSR count). The van der Waals surface area contributed by atoms with Crippen molar-refractivity contribution in [2.24, 2.45) is 0 Å². The Labute approximate surface area is 152 Å². The minimum Gasteiger partial charge on any atom is -0.292 e. The van der Waals surface area contributed by atoms with E-state index in [1.54, 1.807) is 41.3 Å². The molecule has 0 saturated heterocycles. The number of hydrogen-bond acceptors (Lipinski definition) is 5. The first-order valence-corrected chi connectivity index (χ1v) is 8.67. The Hall–Kier alpha value is -3.07. The minimum atomic E-state index is -0.954. The SMILES string of the molecule is CC(C)c1cc(C(=O)C(C#N)c2ccccn2)c2cnn(C(C)C)c2n1. The standard InChI is InChI=1S/C20H21N5O/c1-12(2)18-9-14(16-11-23-25(13(3)4)20(16)24-18)19(26)15(10-21)17-7-5-6-8-22-17/h5-9,11-13,15H,1-4H3. The lowest BCUT2D eigenvalue weighted by molar-refractivity contribution is 0.0979. The molecule has 0 aromatic carbocycles. The van der Waals surface area contributed by atoms with E-state index >= 15 is 0 Å². The molecule has 6 heteroatoms. The zero-order chi connectivity index (χ0) is 18.8. The molecule has 0 N–H and O–H groups in total. The Morgan fingerprint density at radius 2 is 1.96 bits per heavy atom. The van der Waals surface area contributed by atoms with Crippen molar-refractivity contribution in [1.29, 1.82) is 5.26 Å². The van der Waals surface area contributed by atoms with Gasteiger partial charge in [-0.3, -0.25) is 9.78 Å². The summed E-state index contributed by atoms with van der Waals surface area (Å²) in [6, 6.07) is 9.24. The molecule has 26 heavy (non-hydrogen) atoms.